The molecule has 1 aliphatic rings. The number of aryl methyl sites for hydroxylation is 2. The van der Waals surface area contributed by atoms with Crippen molar-refractivity contribution in [2.24, 2.45) is 0 Å². The zero-order chi connectivity index (χ0) is 9.26. The quantitative estimate of drug-likeness (QED) is 0.696. The van der Waals surface area contributed by atoms with Crippen LogP contribution in [0.2, 0.25) is 0 Å². The molecule has 13 heavy (non-hydrogen) atoms. The van der Waals surface area contributed by atoms with E-state index in [1.807, 2.05) is 6.07 Å². The first-order valence-electron chi connectivity index (χ1n) is 4.71. The smallest absolute Gasteiger partial charge is 0.224 e. The van der Waals surface area contributed by atoms with Gasteiger partial charge in [0, 0.05) is 12.1 Å². The van der Waals surface area contributed by atoms with Crippen molar-refractivity contribution in [3.05, 3.63) is 29.3 Å². The molecule has 1 aromatic rings. The van der Waals surface area contributed by atoms with Gasteiger partial charge in [-0.1, -0.05) is 19.1 Å². The van der Waals surface area contributed by atoms with Crippen LogP contribution in [0.4, 0.5) is 5.69 Å². The molecular formula is C11H13NO. The molecule has 0 saturated heterocycles. The van der Waals surface area contributed by atoms with Gasteiger partial charge in [0.05, 0.1) is 0 Å². The van der Waals surface area contributed by atoms with E-state index in [4.69, 9.17) is 0 Å². The third-order valence-electron chi connectivity index (χ3n) is 2.47. The third-order valence-corrected chi connectivity index (χ3v) is 2.47. The van der Waals surface area contributed by atoms with Gasteiger partial charge < -0.3 is 5.32 Å². The van der Waals surface area contributed by atoms with Gasteiger partial charge in [0.15, 0.2) is 0 Å². The fourth-order valence-electron chi connectivity index (χ4n) is 1.66. The van der Waals surface area contributed by atoms with E-state index in [0.29, 0.717) is 6.42 Å². The predicted molar refractivity (Wildman–Crippen MR) is 52.8 cm³/mol. The van der Waals surface area contributed by atoms with E-state index < -0.39 is 0 Å². The largest absolute Gasteiger partial charge is 0.326 e. The second kappa shape index (κ2) is 3.21. The molecule has 0 fully saturated rings. The zero-order valence-corrected chi connectivity index (χ0v) is 7.76. The van der Waals surface area contributed by atoms with Crippen LogP contribution in [0.3, 0.4) is 0 Å². The Morgan fingerprint density at radius 2 is 2.23 bits per heavy atom. The molecule has 2 rings (SSSR count). The standard InChI is InChI=1S/C11H13NO/c1-2-8-3-5-10-9(7-8)4-6-11(13)12-10/h3,5,7H,2,4,6H2,1H3,(H,12,13). The zero-order valence-electron chi connectivity index (χ0n) is 7.76. The Labute approximate surface area is 78.0 Å². The highest BCUT2D eigenvalue weighted by molar-refractivity contribution is 5.93. The summed E-state index contributed by atoms with van der Waals surface area (Å²) in [4.78, 5) is 11.1. The average molecular weight is 175 g/mol. The summed E-state index contributed by atoms with van der Waals surface area (Å²) in [5, 5.41) is 2.87. The maximum atomic E-state index is 11.1. The maximum Gasteiger partial charge on any atom is 0.224 e. The normalized spacial score (nSPS) is 15.0. The molecule has 2 heteroatoms. The van der Waals surface area contributed by atoms with Crippen LogP contribution in [0.5, 0.6) is 0 Å². The second-order valence-electron chi connectivity index (χ2n) is 3.39. The number of amides is 1. The van der Waals surface area contributed by atoms with Crippen LogP contribution >= 0.6 is 0 Å². The van der Waals surface area contributed by atoms with Crippen molar-refractivity contribution in [2.75, 3.05) is 5.32 Å². The Balaban J connectivity index is 2.36. The first-order chi connectivity index (χ1) is 6.29. The van der Waals surface area contributed by atoms with Gasteiger partial charge in [-0.2, -0.15) is 0 Å². The van der Waals surface area contributed by atoms with Gasteiger partial charge in [-0.15, -0.1) is 0 Å². The number of hydrogen-bond acceptors (Lipinski definition) is 1. The number of benzene rings is 1. The Morgan fingerprint density at radius 1 is 1.38 bits per heavy atom. The van der Waals surface area contributed by atoms with Crippen molar-refractivity contribution in [1.29, 1.82) is 0 Å². The summed E-state index contributed by atoms with van der Waals surface area (Å²) < 4.78 is 0. The number of hydrogen-bond donors (Lipinski definition) is 1. The average Bonchev–Trinajstić information content (AvgIpc) is 2.17. The number of anilines is 1. The topological polar surface area (TPSA) is 29.1 Å². The van der Waals surface area contributed by atoms with Gasteiger partial charge in [0.1, 0.15) is 0 Å². The van der Waals surface area contributed by atoms with Gasteiger partial charge >= 0.3 is 0 Å². The summed E-state index contributed by atoms with van der Waals surface area (Å²) in [6.45, 7) is 2.14. The van der Waals surface area contributed by atoms with Crippen LogP contribution in [-0.4, -0.2) is 5.91 Å². The summed E-state index contributed by atoms with van der Waals surface area (Å²) in [6, 6.07) is 6.27. The lowest BCUT2D eigenvalue weighted by Gasteiger charge is -2.17. The van der Waals surface area contributed by atoms with Crippen molar-refractivity contribution in [1.82, 2.24) is 0 Å². The van der Waals surface area contributed by atoms with E-state index >= 15 is 0 Å². The lowest BCUT2D eigenvalue weighted by Crippen LogP contribution is -2.18. The van der Waals surface area contributed by atoms with Crippen molar-refractivity contribution in [2.45, 2.75) is 26.2 Å². The van der Waals surface area contributed by atoms with Gasteiger partial charge in [-0.05, 0) is 30.0 Å². The van der Waals surface area contributed by atoms with Crippen LogP contribution in [0.25, 0.3) is 0 Å². The lowest BCUT2D eigenvalue weighted by molar-refractivity contribution is -0.116. The number of fused-ring (bicyclic) bond motifs is 1. The van der Waals surface area contributed by atoms with Gasteiger partial charge in [0.2, 0.25) is 5.91 Å². The minimum atomic E-state index is 0.136. The number of nitrogens with one attached hydrogen (secondary N) is 1. The van der Waals surface area contributed by atoms with Crippen molar-refractivity contribution in [3.63, 3.8) is 0 Å². The SMILES string of the molecule is CCc1ccc2c(c1)CCC(=O)N2. The highest BCUT2D eigenvalue weighted by atomic mass is 16.1. The third kappa shape index (κ3) is 1.57. The van der Waals surface area contributed by atoms with Gasteiger partial charge in [-0.25, -0.2) is 0 Å². The Hall–Kier alpha value is -1.31. The Kier molecular flexibility index (Phi) is 2.05. The minimum absolute atomic E-state index is 0.136. The molecule has 0 saturated carbocycles. The van der Waals surface area contributed by atoms with E-state index in [2.05, 4.69) is 24.4 Å². The highest BCUT2D eigenvalue weighted by Gasteiger charge is 2.13. The maximum absolute atomic E-state index is 11.1. The van der Waals surface area contributed by atoms with Crippen LogP contribution in [-0.2, 0) is 17.6 Å². The molecule has 68 valence electrons. The summed E-state index contributed by atoms with van der Waals surface area (Å²) in [7, 11) is 0. The van der Waals surface area contributed by atoms with E-state index in [-0.39, 0.29) is 5.91 Å². The van der Waals surface area contributed by atoms with Crippen molar-refractivity contribution >= 4 is 11.6 Å². The number of rotatable bonds is 1. The summed E-state index contributed by atoms with van der Waals surface area (Å²) in [5.74, 6) is 0.136. The molecule has 0 atom stereocenters. The minimum Gasteiger partial charge on any atom is -0.326 e. The molecule has 0 aliphatic carbocycles. The molecule has 1 aromatic carbocycles. The molecule has 0 radical (unpaired) electrons. The molecule has 0 spiro atoms. The van der Waals surface area contributed by atoms with E-state index in [1.165, 1.54) is 11.1 Å². The highest BCUT2D eigenvalue weighted by Crippen LogP contribution is 2.23. The van der Waals surface area contributed by atoms with Crippen LogP contribution in [0.15, 0.2) is 18.2 Å². The molecule has 1 heterocycles. The number of carbonyl (C=O) groups is 1. The molecule has 1 aliphatic heterocycles. The lowest BCUT2D eigenvalue weighted by atomic mass is 10.00. The molecule has 0 bridgehead atoms. The summed E-state index contributed by atoms with van der Waals surface area (Å²) in [6.07, 6.45) is 2.57. The molecule has 2 nitrogen and oxygen atoms in total. The molecule has 0 unspecified atom stereocenters. The second-order valence-corrected chi connectivity index (χ2v) is 3.39. The summed E-state index contributed by atoms with van der Waals surface area (Å²) >= 11 is 0. The van der Waals surface area contributed by atoms with Gasteiger partial charge in [-0.3, -0.25) is 4.79 Å². The Morgan fingerprint density at radius 3 is 3.00 bits per heavy atom. The fraction of sp³-hybridized carbons (Fsp3) is 0.364. The fourth-order valence-corrected chi connectivity index (χ4v) is 1.66. The number of carbonyl (C=O) groups excluding carboxylic acids is 1. The van der Waals surface area contributed by atoms with Crippen molar-refractivity contribution < 1.29 is 4.79 Å². The Bertz CT molecular complexity index is 344. The first kappa shape index (κ1) is 8.30. The molecule has 1 N–H and O–H groups in total. The predicted octanol–water partition coefficient (Wildman–Crippen LogP) is 2.13. The van der Waals surface area contributed by atoms with Gasteiger partial charge in [0.25, 0.3) is 0 Å². The molecule has 1 amide bonds. The van der Waals surface area contributed by atoms with Crippen molar-refractivity contribution in [3.8, 4) is 0 Å². The van der Waals surface area contributed by atoms with Crippen LogP contribution < -0.4 is 5.32 Å². The molecule has 0 aromatic heterocycles. The van der Waals surface area contributed by atoms with Crippen LogP contribution in [0.1, 0.15) is 24.5 Å². The van der Waals surface area contributed by atoms with E-state index in [1.54, 1.807) is 0 Å². The van der Waals surface area contributed by atoms with Crippen LogP contribution in [0, 0.1) is 0 Å². The monoisotopic (exact) mass is 175 g/mol. The molecular weight excluding hydrogens is 162 g/mol. The van der Waals surface area contributed by atoms with E-state index in [0.717, 1.165) is 18.5 Å². The first-order valence-corrected chi connectivity index (χ1v) is 4.71. The summed E-state index contributed by atoms with van der Waals surface area (Å²) in [5.41, 5.74) is 3.61. The van der Waals surface area contributed by atoms with E-state index in [9.17, 15) is 4.79 Å².